The van der Waals surface area contributed by atoms with Gasteiger partial charge >= 0.3 is 6.03 Å². The van der Waals surface area contributed by atoms with Crippen molar-refractivity contribution in [1.29, 1.82) is 5.26 Å². The summed E-state index contributed by atoms with van der Waals surface area (Å²) in [5.41, 5.74) is 4.23. The molecule has 0 radical (unpaired) electrons. The fourth-order valence-corrected chi connectivity index (χ4v) is 3.94. The predicted octanol–water partition coefficient (Wildman–Crippen LogP) is 3.07. The van der Waals surface area contributed by atoms with Gasteiger partial charge in [-0.25, -0.2) is 10.2 Å². The Morgan fingerprint density at radius 1 is 1.32 bits per heavy atom. The summed E-state index contributed by atoms with van der Waals surface area (Å²) in [4.78, 5) is 13.1. The van der Waals surface area contributed by atoms with Crippen LogP contribution in [0.5, 0.6) is 11.5 Å². The minimum Gasteiger partial charge on any atom is -0.508 e. The fraction of sp³-hybridized carbons (Fsp3) is 0.235. The molecular formula is C17H16N4O3S. The summed E-state index contributed by atoms with van der Waals surface area (Å²) in [6.45, 7) is 0. The Kier molecular flexibility index (Phi) is 4.86. The van der Waals surface area contributed by atoms with E-state index in [0.29, 0.717) is 16.1 Å². The number of carbonyl (C=O) groups excluding carboxylic acids is 1. The second kappa shape index (κ2) is 7.23. The van der Waals surface area contributed by atoms with E-state index in [4.69, 9.17) is 0 Å². The van der Waals surface area contributed by atoms with Crippen molar-refractivity contribution in [1.82, 2.24) is 5.43 Å². The quantitative estimate of drug-likeness (QED) is 0.499. The Morgan fingerprint density at radius 2 is 2.12 bits per heavy atom. The minimum absolute atomic E-state index is 0.0638. The summed E-state index contributed by atoms with van der Waals surface area (Å²) < 4.78 is 0. The van der Waals surface area contributed by atoms with Crippen LogP contribution in [-0.4, -0.2) is 22.5 Å². The summed E-state index contributed by atoms with van der Waals surface area (Å²) in [6, 6.07) is 5.66. The summed E-state index contributed by atoms with van der Waals surface area (Å²) in [5, 5.41) is 35.2. The highest BCUT2D eigenvalue weighted by Gasteiger charge is 2.21. The lowest BCUT2D eigenvalue weighted by Crippen LogP contribution is -2.24. The number of phenols is 2. The average molecular weight is 356 g/mol. The number of benzene rings is 1. The van der Waals surface area contributed by atoms with Crippen molar-refractivity contribution < 1.29 is 15.0 Å². The lowest BCUT2D eigenvalue weighted by molar-refractivity contribution is 0.252. The topological polar surface area (TPSA) is 118 Å². The molecule has 2 amide bonds. The van der Waals surface area contributed by atoms with Gasteiger partial charge in [0.05, 0.1) is 11.8 Å². The molecule has 0 spiro atoms. The number of hydrogen-bond donors (Lipinski definition) is 4. The van der Waals surface area contributed by atoms with E-state index in [1.807, 2.05) is 0 Å². The number of thiophene rings is 1. The predicted molar refractivity (Wildman–Crippen MR) is 95.2 cm³/mol. The van der Waals surface area contributed by atoms with Gasteiger partial charge in [-0.1, -0.05) is 0 Å². The molecule has 8 heteroatoms. The number of carbonyl (C=O) groups is 1. The van der Waals surface area contributed by atoms with Gasteiger partial charge in [0.25, 0.3) is 0 Å². The van der Waals surface area contributed by atoms with Crippen LogP contribution in [0, 0.1) is 11.3 Å². The first-order chi connectivity index (χ1) is 12.1. The Labute approximate surface area is 148 Å². The molecule has 1 aromatic heterocycles. The van der Waals surface area contributed by atoms with Crippen LogP contribution in [0.15, 0.2) is 23.3 Å². The first kappa shape index (κ1) is 16.8. The molecule has 2 aromatic rings. The number of hydrogen-bond acceptors (Lipinski definition) is 6. The number of fused-ring (bicyclic) bond motifs is 1. The van der Waals surface area contributed by atoms with Crippen molar-refractivity contribution in [2.24, 2.45) is 5.10 Å². The highest BCUT2D eigenvalue weighted by molar-refractivity contribution is 7.16. The van der Waals surface area contributed by atoms with Gasteiger partial charge in [0.15, 0.2) is 0 Å². The monoisotopic (exact) mass is 356 g/mol. The average Bonchev–Trinajstić information content (AvgIpc) is 2.93. The fourth-order valence-electron chi connectivity index (χ4n) is 2.70. The van der Waals surface area contributed by atoms with Crippen LogP contribution in [0.3, 0.4) is 0 Å². The number of anilines is 1. The van der Waals surface area contributed by atoms with Crippen molar-refractivity contribution in [2.75, 3.05) is 5.32 Å². The van der Waals surface area contributed by atoms with Crippen LogP contribution in [0.4, 0.5) is 9.80 Å². The van der Waals surface area contributed by atoms with Crippen molar-refractivity contribution in [2.45, 2.75) is 25.7 Å². The number of hydrazone groups is 1. The maximum absolute atomic E-state index is 12.0. The molecule has 25 heavy (non-hydrogen) atoms. The highest BCUT2D eigenvalue weighted by atomic mass is 32.1. The van der Waals surface area contributed by atoms with E-state index in [0.717, 1.165) is 36.1 Å². The van der Waals surface area contributed by atoms with Gasteiger partial charge in [-0.05, 0) is 43.4 Å². The largest absolute Gasteiger partial charge is 0.508 e. The smallest absolute Gasteiger partial charge is 0.340 e. The number of aromatic hydroxyl groups is 2. The van der Waals surface area contributed by atoms with Crippen LogP contribution in [0.25, 0.3) is 0 Å². The third-order valence-corrected chi connectivity index (χ3v) is 5.10. The van der Waals surface area contributed by atoms with Crippen LogP contribution < -0.4 is 10.7 Å². The summed E-state index contributed by atoms with van der Waals surface area (Å²) in [5.74, 6) is -0.213. The maximum atomic E-state index is 12.0. The van der Waals surface area contributed by atoms with Gasteiger partial charge in [-0.15, -0.1) is 11.3 Å². The molecule has 1 aliphatic carbocycles. The Hall–Kier alpha value is -3.05. The normalized spacial score (nSPS) is 13.2. The van der Waals surface area contributed by atoms with E-state index < -0.39 is 6.03 Å². The van der Waals surface area contributed by atoms with E-state index in [1.165, 1.54) is 35.8 Å². The van der Waals surface area contributed by atoms with Gasteiger partial charge in [-0.2, -0.15) is 10.4 Å². The number of nitrogens with one attached hydrogen (secondary N) is 2. The van der Waals surface area contributed by atoms with Gasteiger partial charge < -0.3 is 10.2 Å². The summed E-state index contributed by atoms with van der Waals surface area (Å²) >= 11 is 1.43. The molecule has 128 valence electrons. The number of urea groups is 1. The second-order valence-electron chi connectivity index (χ2n) is 5.59. The van der Waals surface area contributed by atoms with Crippen molar-refractivity contribution in [3.8, 4) is 17.6 Å². The first-order valence-electron chi connectivity index (χ1n) is 7.75. The van der Waals surface area contributed by atoms with E-state index in [2.05, 4.69) is 21.9 Å². The van der Waals surface area contributed by atoms with Crippen molar-refractivity contribution in [3.63, 3.8) is 0 Å². The minimum atomic E-state index is -0.565. The molecule has 0 unspecified atom stereocenters. The zero-order chi connectivity index (χ0) is 17.8. The lowest BCUT2D eigenvalue weighted by atomic mass is 9.96. The van der Waals surface area contributed by atoms with E-state index >= 15 is 0 Å². The van der Waals surface area contributed by atoms with Crippen LogP contribution in [-0.2, 0) is 12.8 Å². The maximum Gasteiger partial charge on any atom is 0.340 e. The molecule has 0 saturated heterocycles. The van der Waals surface area contributed by atoms with Gasteiger partial charge in [0.1, 0.15) is 22.6 Å². The van der Waals surface area contributed by atoms with Gasteiger partial charge in [-0.3, -0.25) is 5.32 Å². The molecule has 1 heterocycles. The number of nitriles is 1. The molecule has 1 aliphatic rings. The Morgan fingerprint density at radius 3 is 2.88 bits per heavy atom. The standard InChI is InChI=1S/C17H16N4O3S/c18-8-13-12-3-1-2-4-15(12)25-16(13)20-17(24)21-19-9-10-5-6-11(22)7-14(10)23/h5-7,9,22-23H,1-4H2,(H2,20,21,24)/b19-9+. The molecule has 0 saturated carbocycles. The summed E-state index contributed by atoms with van der Waals surface area (Å²) in [6.07, 6.45) is 5.24. The van der Waals surface area contributed by atoms with Crippen molar-refractivity contribution >= 4 is 28.6 Å². The number of phenolic OH excluding ortho intramolecular Hbond substituents is 2. The second-order valence-corrected chi connectivity index (χ2v) is 6.70. The number of aryl methyl sites for hydroxylation is 1. The SMILES string of the molecule is N#Cc1c(NC(=O)N/N=C/c2ccc(O)cc2O)sc2c1CCCC2. The third-order valence-electron chi connectivity index (χ3n) is 3.89. The van der Waals surface area contributed by atoms with Crippen LogP contribution >= 0.6 is 11.3 Å². The number of amides is 2. The number of rotatable bonds is 3. The molecule has 0 fully saturated rings. The zero-order valence-corrected chi connectivity index (χ0v) is 14.1. The van der Waals surface area contributed by atoms with Gasteiger partial charge in [0, 0.05) is 16.5 Å². The summed E-state index contributed by atoms with van der Waals surface area (Å²) in [7, 11) is 0. The number of nitrogens with zero attached hydrogens (tertiary/aromatic N) is 2. The molecule has 4 N–H and O–H groups in total. The molecule has 0 bridgehead atoms. The highest BCUT2D eigenvalue weighted by Crippen LogP contribution is 2.37. The third kappa shape index (κ3) is 3.72. The first-order valence-corrected chi connectivity index (χ1v) is 8.57. The zero-order valence-electron chi connectivity index (χ0n) is 13.2. The van der Waals surface area contributed by atoms with Crippen LogP contribution in [0.2, 0.25) is 0 Å². The van der Waals surface area contributed by atoms with Crippen LogP contribution in [0.1, 0.15) is 34.4 Å². The Bertz CT molecular complexity index is 883. The molecule has 0 atom stereocenters. The Balaban J connectivity index is 1.66. The van der Waals surface area contributed by atoms with E-state index in [1.54, 1.807) is 0 Å². The van der Waals surface area contributed by atoms with E-state index in [-0.39, 0.29) is 11.5 Å². The van der Waals surface area contributed by atoms with E-state index in [9.17, 15) is 20.3 Å². The molecule has 1 aromatic carbocycles. The molecule has 0 aliphatic heterocycles. The molecule has 3 rings (SSSR count). The van der Waals surface area contributed by atoms with Gasteiger partial charge in [0.2, 0.25) is 0 Å². The van der Waals surface area contributed by atoms with Crippen molar-refractivity contribution in [3.05, 3.63) is 39.8 Å². The lowest BCUT2D eigenvalue weighted by Gasteiger charge is -2.09. The molecular weight excluding hydrogens is 340 g/mol. The molecule has 7 nitrogen and oxygen atoms in total.